The highest BCUT2D eigenvalue weighted by molar-refractivity contribution is 5.95. The van der Waals surface area contributed by atoms with E-state index < -0.39 is 0 Å². The molecular formula is C21H26N4O. The van der Waals surface area contributed by atoms with E-state index in [0.29, 0.717) is 6.04 Å². The molecular weight excluding hydrogens is 324 g/mol. The van der Waals surface area contributed by atoms with Crippen LogP contribution in [-0.4, -0.2) is 61.0 Å². The molecule has 2 fully saturated rings. The van der Waals surface area contributed by atoms with Crippen molar-refractivity contribution in [2.45, 2.75) is 12.5 Å². The minimum atomic E-state index is 0.138. The predicted octanol–water partition coefficient (Wildman–Crippen LogP) is 2.55. The van der Waals surface area contributed by atoms with E-state index in [1.54, 1.807) is 0 Å². The number of piperazine rings is 1. The number of hydrogen-bond donors (Lipinski definition) is 2. The van der Waals surface area contributed by atoms with Crippen molar-refractivity contribution in [1.29, 1.82) is 0 Å². The van der Waals surface area contributed by atoms with Crippen LogP contribution in [-0.2, 0) is 0 Å². The maximum Gasteiger partial charge on any atom is 0.253 e. The Balaban J connectivity index is 1.41. The zero-order valence-electron chi connectivity index (χ0n) is 15.0. The molecule has 2 heterocycles. The molecule has 0 radical (unpaired) electrons. The zero-order chi connectivity index (χ0) is 17.8. The number of nitrogens with one attached hydrogen (secondary N) is 2. The Bertz CT molecular complexity index is 743. The van der Waals surface area contributed by atoms with Crippen molar-refractivity contribution in [3.05, 3.63) is 60.2 Å². The van der Waals surface area contributed by atoms with Crippen LogP contribution >= 0.6 is 0 Å². The van der Waals surface area contributed by atoms with E-state index in [-0.39, 0.29) is 5.91 Å². The summed E-state index contributed by atoms with van der Waals surface area (Å²) in [5.74, 6) is 0.138. The fourth-order valence-electron chi connectivity index (χ4n) is 3.87. The Morgan fingerprint density at radius 2 is 1.73 bits per heavy atom. The number of amides is 1. The molecule has 1 atom stereocenters. The Hall–Kier alpha value is -2.37. The van der Waals surface area contributed by atoms with E-state index in [1.165, 1.54) is 0 Å². The standard InChI is InChI=1S/C21H26N4O/c26-21(25-12-9-20(16-25)24-13-10-22-11-14-24)17-5-4-8-19(15-17)23-18-6-2-1-3-7-18/h1-8,15,20,22-23H,9-14,16H2. The second kappa shape index (κ2) is 7.89. The molecule has 2 aliphatic heterocycles. The van der Waals surface area contributed by atoms with Crippen molar-refractivity contribution < 1.29 is 4.79 Å². The van der Waals surface area contributed by atoms with Crippen LogP contribution in [0.25, 0.3) is 0 Å². The van der Waals surface area contributed by atoms with Gasteiger partial charge in [0.2, 0.25) is 0 Å². The lowest BCUT2D eigenvalue weighted by Gasteiger charge is -2.32. The highest BCUT2D eigenvalue weighted by Crippen LogP contribution is 2.21. The van der Waals surface area contributed by atoms with Gasteiger partial charge < -0.3 is 15.5 Å². The van der Waals surface area contributed by atoms with Gasteiger partial charge in [-0.2, -0.15) is 0 Å². The molecule has 5 heteroatoms. The summed E-state index contributed by atoms with van der Waals surface area (Å²) in [6, 6.07) is 18.3. The summed E-state index contributed by atoms with van der Waals surface area (Å²) in [4.78, 5) is 17.5. The van der Waals surface area contributed by atoms with Crippen molar-refractivity contribution in [3.8, 4) is 0 Å². The molecule has 2 N–H and O–H groups in total. The molecule has 0 bridgehead atoms. The smallest absolute Gasteiger partial charge is 0.253 e. The molecule has 1 amide bonds. The van der Waals surface area contributed by atoms with E-state index >= 15 is 0 Å². The van der Waals surface area contributed by atoms with Gasteiger partial charge in [-0.15, -0.1) is 0 Å². The lowest BCUT2D eigenvalue weighted by Crippen LogP contribution is -2.49. The van der Waals surface area contributed by atoms with E-state index in [9.17, 15) is 4.79 Å². The molecule has 2 aromatic rings. The van der Waals surface area contributed by atoms with E-state index in [4.69, 9.17) is 0 Å². The molecule has 0 aromatic heterocycles. The number of carbonyl (C=O) groups is 1. The van der Waals surface area contributed by atoms with Crippen molar-refractivity contribution >= 4 is 17.3 Å². The fourth-order valence-corrected chi connectivity index (χ4v) is 3.87. The largest absolute Gasteiger partial charge is 0.356 e. The van der Waals surface area contributed by atoms with E-state index in [0.717, 1.165) is 62.6 Å². The van der Waals surface area contributed by atoms with Crippen LogP contribution < -0.4 is 10.6 Å². The minimum absolute atomic E-state index is 0.138. The SMILES string of the molecule is O=C(c1cccc(Nc2ccccc2)c1)N1CCC(N2CCNCC2)C1. The fraction of sp³-hybridized carbons (Fsp3) is 0.381. The maximum absolute atomic E-state index is 12.9. The predicted molar refractivity (Wildman–Crippen MR) is 105 cm³/mol. The first-order valence-electron chi connectivity index (χ1n) is 9.46. The molecule has 0 spiro atoms. The van der Waals surface area contributed by atoms with Crippen LogP contribution in [0.15, 0.2) is 54.6 Å². The molecule has 2 saturated heterocycles. The summed E-state index contributed by atoms with van der Waals surface area (Å²) in [7, 11) is 0. The third-order valence-electron chi connectivity index (χ3n) is 5.29. The van der Waals surface area contributed by atoms with Gasteiger partial charge in [-0.3, -0.25) is 9.69 Å². The van der Waals surface area contributed by atoms with Gasteiger partial charge in [-0.1, -0.05) is 24.3 Å². The van der Waals surface area contributed by atoms with Gasteiger partial charge in [0.15, 0.2) is 0 Å². The van der Waals surface area contributed by atoms with Crippen LogP contribution in [0.2, 0.25) is 0 Å². The van der Waals surface area contributed by atoms with Crippen LogP contribution in [0.5, 0.6) is 0 Å². The van der Waals surface area contributed by atoms with Gasteiger partial charge >= 0.3 is 0 Å². The zero-order valence-corrected chi connectivity index (χ0v) is 15.0. The first kappa shape index (κ1) is 17.1. The average Bonchev–Trinajstić information content (AvgIpc) is 3.19. The van der Waals surface area contributed by atoms with Gasteiger partial charge in [0.05, 0.1) is 0 Å². The summed E-state index contributed by atoms with van der Waals surface area (Å²) in [6.07, 6.45) is 1.08. The molecule has 26 heavy (non-hydrogen) atoms. The molecule has 1 unspecified atom stereocenters. The first-order valence-corrected chi connectivity index (χ1v) is 9.46. The maximum atomic E-state index is 12.9. The highest BCUT2D eigenvalue weighted by Gasteiger charge is 2.31. The van der Waals surface area contributed by atoms with Gasteiger partial charge in [0.1, 0.15) is 0 Å². The van der Waals surface area contributed by atoms with E-state index in [1.807, 2.05) is 59.5 Å². The van der Waals surface area contributed by atoms with Crippen LogP contribution in [0, 0.1) is 0 Å². The molecule has 136 valence electrons. The number of anilines is 2. The van der Waals surface area contributed by atoms with Crippen molar-refractivity contribution in [2.24, 2.45) is 0 Å². The second-order valence-corrected chi connectivity index (χ2v) is 7.05. The quantitative estimate of drug-likeness (QED) is 0.890. The van der Waals surface area contributed by atoms with Gasteiger partial charge in [-0.05, 0) is 36.8 Å². The Morgan fingerprint density at radius 3 is 2.54 bits per heavy atom. The van der Waals surface area contributed by atoms with Crippen LogP contribution in [0.4, 0.5) is 11.4 Å². The number of benzene rings is 2. The lowest BCUT2D eigenvalue weighted by molar-refractivity contribution is 0.0773. The van der Waals surface area contributed by atoms with Crippen LogP contribution in [0.1, 0.15) is 16.8 Å². The topological polar surface area (TPSA) is 47.6 Å². The van der Waals surface area contributed by atoms with Crippen molar-refractivity contribution in [3.63, 3.8) is 0 Å². The highest BCUT2D eigenvalue weighted by atomic mass is 16.2. The lowest BCUT2D eigenvalue weighted by atomic mass is 10.1. The summed E-state index contributed by atoms with van der Waals surface area (Å²) in [6.45, 7) is 5.97. The average molecular weight is 350 g/mol. The second-order valence-electron chi connectivity index (χ2n) is 7.05. The monoisotopic (exact) mass is 350 g/mol. The van der Waals surface area contributed by atoms with Crippen LogP contribution in [0.3, 0.4) is 0 Å². The Morgan fingerprint density at radius 1 is 0.962 bits per heavy atom. The normalized spacial score (nSPS) is 20.9. The summed E-state index contributed by atoms with van der Waals surface area (Å²) in [5.41, 5.74) is 2.73. The van der Waals surface area contributed by atoms with Gasteiger partial charge in [0, 0.05) is 62.2 Å². The van der Waals surface area contributed by atoms with E-state index in [2.05, 4.69) is 15.5 Å². The van der Waals surface area contributed by atoms with Crippen molar-refractivity contribution in [1.82, 2.24) is 15.1 Å². The third-order valence-corrected chi connectivity index (χ3v) is 5.29. The molecule has 4 rings (SSSR count). The minimum Gasteiger partial charge on any atom is -0.356 e. The number of likely N-dealkylation sites (tertiary alicyclic amines) is 1. The molecule has 5 nitrogen and oxygen atoms in total. The molecule has 2 aromatic carbocycles. The van der Waals surface area contributed by atoms with Crippen molar-refractivity contribution in [2.75, 3.05) is 44.6 Å². The number of nitrogens with zero attached hydrogens (tertiary/aromatic N) is 2. The first-order chi connectivity index (χ1) is 12.8. The summed E-state index contributed by atoms with van der Waals surface area (Å²) in [5, 5.41) is 6.76. The number of carbonyl (C=O) groups excluding carboxylic acids is 1. The Labute approximate surface area is 155 Å². The van der Waals surface area contributed by atoms with Gasteiger partial charge in [0.25, 0.3) is 5.91 Å². The third kappa shape index (κ3) is 3.89. The summed E-state index contributed by atoms with van der Waals surface area (Å²) >= 11 is 0. The number of hydrogen-bond acceptors (Lipinski definition) is 4. The van der Waals surface area contributed by atoms with Gasteiger partial charge in [-0.25, -0.2) is 0 Å². The molecule has 0 saturated carbocycles. The molecule has 0 aliphatic carbocycles. The summed E-state index contributed by atoms with van der Waals surface area (Å²) < 4.78 is 0. The molecule has 2 aliphatic rings. The Kier molecular flexibility index (Phi) is 5.18. The number of rotatable bonds is 4. The number of para-hydroxylation sites is 1.